The number of aromatic nitrogens is 2. The third-order valence-electron chi connectivity index (χ3n) is 2.89. The minimum atomic E-state index is 0.706. The van der Waals surface area contributed by atoms with E-state index in [0.717, 1.165) is 26.2 Å². The summed E-state index contributed by atoms with van der Waals surface area (Å²) in [5.41, 5.74) is 1.19. The molecule has 0 aliphatic carbocycles. The standard InChI is InChI=1S/C14H19IN2O/c1-11(2)5-7-18-8-6-17-14-9-13(15)4-3-12(14)10-16-17/h3-4,9-11H,5-8H2,1-2H3. The lowest BCUT2D eigenvalue weighted by Crippen LogP contribution is -2.09. The fourth-order valence-electron chi connectivity index (χ4n) is 1.79. The SMILES string of the molecule is CC(C)CCOCCn1ncc2ccc(I)cc21. The first-order valence-corrected chi connectivity index (χ1v) is 7.43. The van der Waals surface area contributed by atoms with Crippen LogP contribution >= 0.6 is 22.6 Å². The van der Waals surface area contributed by atoms with Crippen LogP contribution in [-0.2, 0) is 11.3 Å². The van der Waals surface area contributed by atoms with Crippen molar-refractivity contribution in [2.75, 3.05) is 13.2 Å². The van der Waals surface area contributed by atoms with Crippen molar-refractivity contribution in [1.29, 1.82) is 0 Å². The molecule has 0 fully saturated rings. The molecule has 0 spiro atoms. The Labute approximate surface area is 122 Å². The maximum absolute atomic E-state index is 5.63. The Hall–Kier alpha value is -0.620. The number of halogens is 1. The molecule has 3 nitrogen and oxygen atoms in total. The average Bonchev–Trinajstić information content (AvgIpc) is 2.71. The van der Waals surface area contributed by atoms with E-state index in [1.807, 2.05) is 10.9 Å². The second kappa shape index (κ2) is 6.52. The first kappa shape index (κ1) is 13.8. The molecule has 1 heterocycles. The van der Waals surface area contributed by atoms with Crippen molar-refractivity contribution in [3.05, 3.63) is 28.0 Å². The zero-order chi connectivity index (χ0) is 13.0. The largest absolute Gasteiger partial charge is 0.380 e. The fraction of sp³-hybridized carbons (Fsp3) is 0.500. The minimum Gasteiger partial charge on any atom is -0.380 e. The van der Waals surface area contributed by atoms with E-state index in [-0.39, 0.29) is 0 Å². The summed E-state index contributed by atoms with van der Waals surface area (Å²) in [6.45, 7) is 6.82. The monoisotopic (exact) mass is 358 g/mol. The maximum atomic E-state index is 5.63. The molecule has 0 unspecified atom stereocenters. The van der Waals surface area contributed by atoms with E-state index in [1.54, 1.807) is 0 Å². The van der Waals surface area contributed by atoms with Crippen molar-refractivity contribution in [2.45, 2.75) is 26.8 Å². The van der Waals surface area contributed by atoms with Crippen LogP contribution in [0.2, 0.25) is 0 Å². The third kappa shape index (κ3) is 3.68. The highest BCUT2D eigenvalue weighted by Gasteiger charge is 2.03. The van der Waals surface area contributed by atoms with Crippen LogP contribution in [0.1, 0.15) is 20.3 Å². The molecule has 98 valence electrons. The minimum absolute atomic E-state index is 0.706. The van der Waals surface area contributed by atoms with Crippen molar-refractivity contribution in [3.63, 3.8) is 0 Å². The quantitative estimate of drug-likeness (QED) is 0.582. The van der Waals surface area contributed by atoms with Crippen molar-refractivity contribution in [3.8, 4) is 0 Å². The third-order valence-corrected chi connectivity index (χ3v) is 3.56. The molecule has 1 aromatic carbocycles. The Morgan fingerprint density at radius 3 is 2.94 bits per heavy atom. The topological polar surface area (TPSA) is 27.1 Å². The van der Waals surface area contributed by atoms with Crippen molar-refractivity contribution >= 4 is 33.5 Å². The van der Waals surface area contributed by atoms with Gasteiger partial charge in [-0.3, -0.25) is 4.68 Å². The zero-order valence-electron chi connectivity index (χ0n) is 10.9. The van der Waals surface area contributed by atoms with Gasteiger partial charge in [-0.2, -0.15) is 5.10 Å². The number of benzene rings is 1. The molecule has 0 amide bonds. The van der Waals surface area contributed by atoms with Gasteiger partial charge in [0.1, 0.15) is 0 Å². The van der Waals surface area contributed by atoms with Crippen LogP contribution in [0.15, 0.2) is 24.4 Å². The summed E-state index contributed by atoms with van der Waals surface area (Å²) in [5, 5.41) is 5.59. The summed E-state index contributed by atoms with van der Waals surface area (Å²) in [6.07, 6.45) is 3.04. The lowest BCUT2D eigenvalue weighted by atomic mass is 10.1. The van der Waals surface area contributed by atoms with Gasteiger partial charge in [0.15, 0.2) is 0 Å². The normalized spacial score (nSPS) is 11.6. The van der Waals surface area contributed by atoms with Gasteiger partial charge in [-0.1, -0.05) is 19.9 Å². The second-order valence-corrected chi connectivity index (χ2v) is 6.11. The van der Waals surface area contributed by atoms with Gasteiger partial charge in [0.2, 0.25) is 0 Å². The molecule has 2 rings (SSSR count). The van der Waals surface area contributed by atoms with Gasteiger partial charge < -0.3 is 4.74 Å². The Bertz CT molecular complexity index is 507. The highest BCUT2D eigenvalue weighted by molar-refractivity contribution is 14.1. The Morgan fingerprint density at radius 2 is 2.17 bits per heavy atom. The van der Waals surface area contributed by atoms with Gasteiger partial charge in [-0.15, -0.1) is 0 Å². The van der Waals surface area contributed by atoms with Crippen LogP contribution in [0.4, 0.5) is 0 Å². The molecule has 0 N–H and O–H groups in total. The molecular weight excluding hydrogens is 339 g/mol. The van der Waals surface area contributed by atoms with E-state index in [0.29, 0.717) is 5.92 Å². The van der Waals surface area contributed by atoms with Crippen LogP contribution in [0.5, 0.6) is 0 Å². The highest BCUT2D eigenvalue weighted by Crippen LogP contribution is 2.16. The summed E-state index contributed by atoms with van der Waals surface area (Å²) < 4.78 is 8.89. The van der Waals surface area contributed by atoms with E-state index in [2.05, 4.69) is 59.7 Å². The Kier molecular flexibility index (Phi) is 5.00. The number of fused-ring (bicyclic) bond motifs is 1. The first-order valence-electron chi connectivity index (χ1n) is 6.35. The molecule has 0 aliphatic rings. The molecule has 2 aromatic rings. The molecule has 0 bridgehead atoms. The molecule has 18 heavy (non-hydrogen) atoms. The van der Waals surface area contributed by atoms with Crippen LogP contribution < -0.4 is 0 Å². The number of nitrogens with zero attached hydrogens (tertiary/aromatic N) is 2. The molecule has 4 heteroatoms. The Balaban J connectivity index is 1.89. The van der Waals surface area contributed by atoms with Crippen molar-refractivity contribution in [1.82, 2.24) is 9.78 Å². The lowest BCUT2D eigenvalue weighted by molar-refractivity contribution is 0.115. The number of ether oxygens (including phenoxy) is 1. The van der Waals surface area contributed by atoms with E-state index < -0.39 is 0 Å². The van der Waals surface area contributed by atoms with Gasteiger partial charge in [-0.05, 0) is 47.1 Å². The fourth-order valence-corrected chi connectivity index (χ4v) is 2.27. The van der Waals surface area contributed by atoms with Crippen molar-refractivity contribution < 1.29 is 4.74 Å². The van der Waals surface area contributed by atoms with Crippen LogP contribution in [0.3, 0.4) is 0 Å². The lowest BCUT2D eigenvalue weighted by Gasteiger charge is -2.07. The molecular formula is C14H19IN2O. The number of hydrogen-bond acceptors (Lipinski definition) is 2. The molecule has 0 radical (unpaired) electrons. The predicted octanol–water partition coefficient (Wildman–Crippen LogP) is 3.70. The first-order chi connectivity index (χ1) is 8.66. The summed E-state index contributed by atoms with van der Waals surface area (Å²) >= 11 is 2.33. The van der Waals surface area contributed by atoms with Gasteiger partial charge >= 0.3 is 0 Å². The van der Waals surface area contributed by atoms with Gasteiger partial charge in [-0.25, -0.2) is 0 Å². The Morgan fingerprint density at radius 1 is 1.33 bits per heavy atom. The summed E-state index contributed by atoms with van der Waals surface area (Å²) in [6, 6.07) is 6.38. The van der Waals surface area contributed by atoms with Gasteiger partial charge in [0.05, 0.1) is 24.9 Å². The summed E-state index contributed by atoms with van der Waals surface area (Å²) in [7, 11) is 0. The van der Waals surface area contributed by atoms with Crippen LogP contribution in [0, 0.1) is 9.49 Å². The molecule has 0 aliphatic heterocycles. The predicted molar refractivity (Wildman–Crippen MR) is 82.7 cm³/mol. The van der Waals surface area contributed by atoms with E-state index >= 15 is 0 Å². The average molecular weight is 358 g/mol. The number of hydrogen-bond donors (Lipinski definition) is 0. The molecule has 0 saturated heterocycles. The maximum Gasteiger partial charge on any atom is 0.0693 e. The van der Waals surface area contributed by atoms with Crippen LogP contribution in [0.25, 0.3) is 10.9 Å². The molecule has 1 aromatic heterocycles. The number of rotatable bonds is 6. The second-order valence-electron chi connectivity index (χ2n) is 4.87. The van der Waals surface area contributed by atoms with E-state index in [9.17, 15) is 0 Å². The molecule has 0 saturated carbocycles. The van der Waals surface area contributed by atoms with Gasteiger partial charge in [0, 0.05) is 15.6 Å². The summed E-state index contributed by atoms with van der Waals surface area (Å²) in [4.78, 5) is 0. The summed E-state index contributed by atoms with van der Waals surface area (Å²) in [5.74, 6) is 0.706. The van der Waals surface area contributed by atoms with E-state index in [1.165, 1.54) is 14.5 Å². The smallest absolute Gasteiger partial charge is 0.0693 e. The zero-order valence-corrected chi connectivity index (χ0v) is 13.1. The highest BCUT2D eigenvalue weighted by atomic mass is 127. The van der Waals surface area contributed by atoms with Crippen LogP contribution in [-0.4, -0.2) is 23.0 Å². The molecule has 0 atom stereocenters. The van der Waals surface area contributed by atoms with E-state index in [4.69, 9.17) is 4.74 Å². The van der Waals surface area contributed by atoms with Gasteiger partial charge in [0.25, 0.3) is 0 Å². The van der Waals surface area contributed by atoms with Crippen molar-refractivity contribution in [2.24, 2.45) is 5.92 Å².